The van der Waals surface area contributed by atoms with E-state index in [1.165, 1.54) is 28.6 Å². The number of nitrogens with zero attached hydrogens (tertiary/aromatic N) is 1. The molecule has 2 aliphatic rings. The molecule has 0 saturated carbocycles. The van der Waals surface area contributed by atoms with E-state index in [1.54, 1.807) is 6.08 Å². The number of nitrogens with one attached hydrogen (secondary N) is 1. The first-order chi connectivity index (χ1) is 12.4. The van der Waals surface area contributed by atoms with Gasteiger partial charge in [-0.2, -0.15) is 4.31 Å². The average Bonchev–Trinajstić information content (AvgIpc) is 3.17. The molecule has 1 amide bonds. The predicted molar refractivity (Wildman–Crippen MR) is 96.1 cm³/mol. The van der Waals surface area contributed by atoms with Gasteiger partial charge in [-0.1, -0.05) is 12.2 Å². The Labute approximate surface area is 152 Å². The third kappa shape index (κ3) is 3.81. The maximum absolute atomic E-state index is 12.5. The SMILES string of the molecule is O=C(O)C1CC=CCC1C(=O)Nc1ccc(S(=O)(=O)N2CCCC2)cc1. The number of hydrogen-bond donors (Lipinski definition) is 2. The molecule has 0 radical (unpaired) electrons. The van der Waals surface area contributed by atoms with Gasteiger partial charge in [0.05, 0.1) is 16.7 Å². The van der Waals surface area contributed by atoms with Crippen LogP contribution in [-0.2, 0) is 19.6 Å². The Morgan fingerprint density at radius 1 is 1.00 bits per heavy atom. The van der Waals surface area contributed by atoms with Crippen LogP contribution in [0.3, 0.4) is 0 Å². The largest absolute Gasteiger partial charge is 0.481 e. The minimum Gasteiger partial charge on any atom is -0.481 e. The van der Waals surface area contributed by atoms with Crippen LogP contribution in [0.1, 0.15) is 25.7 Å². The summed E-state index contributed by atoms with van der Waals surface area (Å²) >= 11 is 0. The van der Waals surface area contributed by atoms with Crippen LogP contribution in [0, 0.1) is 11.8 Å². The molecule has 1 heterocycles. The topological polar surface area (TPSA) is 104 Å². The lowest BCUT2D eigenvalue weighted by Gasteiger charge is -2.24. The molecule has 140 valence electrons. The van der Waals surface area contributed by atoms with Crippen molar-refractivity contribution in [2.45, 2.75) is 30.6 Å². The second-order valence-corrected chi connectivity index (χ2v) is 8.56. The summed E-state index contributed by atoms with van der Waals surface area (Å²) in [7, 11) is -3.49. The Balaban J connectivity index is 1.70. The maximum atomic E-state index is 12.5. The molecule has 2 unspecified atom stereocenters. The highest BCUT2D eigenvalue weighted by Crippen LogP contribution is 2.28. The summed E-state index contributed by atoms with van der Waals surface area (Å²) in [6.45, 7) is 1.07. The number of carboxylic acid groups (broad SMARTS) is 1. The smallest absolute Gasteiger partial charge is 0.307 e. The van der Waals surface area contributed by atoms with Gasteiger partial charge in [-0.3, -0.25) is 9.59 Å². The van der Waals surface area contributed by atoms with Crippen molar-refractivity contribution in [3.63, 3.8) is 0 Å². The number of anilines is 1. The summed E-state index contributed by atoms with van der Waals surface area (Å²) < 4.78 is 26.5. The normalized spacial score (nSPS) is 23.7. The Bertz CT molecular complexity index is 810. The quantitative estimate of drug-likeness (QED) is 0.764. The standard InChI is InChI=1S/C18H22N2O5S/c21-17(15-5-1-2-6-16(15)18(22)23)19-13-7-9-14(10-8-13)26(24,25)20-11-3-4-12-20/h1-2,7-10,15-16H,3-6,11-12H2,(H,19,21)(H,22,23). The molecule has 7 nitrogen and oxygen atoms in total. The van der Waals surface area contributed by atoms with Gasteiger partial charge in [-0.05, 0) is 49.9 Å². The molecule has 1 fully saturated rings. The van der Waals surface area contributed by atoms with E-state index >= 15 is 0 Å². The highest BCUT2D eigenvalue weighted by molar-refractivity contribution is 7.89. The molecule has 2 atom stereocenters. The van der Waals surface area contributed by atoms with Crippen LogP contribution < -0.4 is 5.32 Å². The molecule has 0 spiro atoms. The van der Waals surface area contributed by atoms with Gasteiger partial charge in [0.1, 0.15) is 0 Å². The van der Waals surface area contributed by atoms with Crippen molar-refractivity contribution < 1.29 is 23.1 Å². The second-order valence-electron chi connectivity index (χ2n) is 6.62. The van der Waals surface area contributed by atoms with Crippen LogP contribution in [0.15, 0.2) is 41.3 Å². The van der Waals surface area contributed by atoms with Crippen molar-refractivity contribution in [2.75, 3.05) is 18.4 Å². The van der Waals surface area contributed by atoms with Gasteiger partial charge in [-0.25, -0.2) is 8.42 Å². The summed E-state index contributed by atoms with van der Waals surface area (Å²) in [6, 6.07) is 6.02. The summed E-state index contributed by atoms with van der Waals surface area (Å²) in [6.07, 6.45) is 6.04. The van der Waals surface area contributed by atoms with E-state index < -0.39 is 27.8 Å². The first-order valence-corrected chi connectivity index (χ1v) is 10.1. The maximum Gasteiger partial charge on any atom is 0.307 e. The highest BCUT2D eigenvalue weighted by atomic mass is 32.2. The summed E-state index contributed by atoms with van der Waals surface area (Å²) in [4.78, 5) is 24.0. The molecule has 0 bridgehead atoms. The Morgan fingerprint density at radius 3 is 2.15 bits per heavy atom. The number of carbonyl (C=O) groups is 2. The van der Waals surface area contributed by atoms with Gasteiger partial charge in [-0.15, -0.1) is 0 Å². The zero-order valence-electron chi connectivity index (χ0n) is 14.3. The van der Waals surface area contributed by atoms with Gasteiger partial charge < -0.3 is 10.4 Å². The number of amides is 1. The van der Waals surface area contributed by atoms with E-state index in [0.29, 0.717) is 31.6 Å². The summed E-state index contributed by atoms with van der Waals surface area (Å²) in [5, 5.41) is 12.0. The van der Waals surface area contributed by atoms with Gasteiger partial charge in [0.15, 0.2) is 0 Å². The van der Waals surface area contributed by atoms with Crippen LogP contribution >= 0.6 is 0 Å². The van der Waals surface area contributed by atoms with Crippen molar-refractivity contribution in [2.24, 2.45) is 11.8 Å². The highest BCUT2D eigenvalue weighted by Gasteiger charge is 2.34. The van der Waals surface area contributed by atoms with Gasteiger partial charge in [0.25, 0.3) is 0 Å². The van der Waals surface area contributed by atoms with Gasteiger partial charge in [0, 0.05) is 18.8 Å². The van der Waals surface area contributed by atoms with Crippen molar-refractivity contribution in [3.8, 4) is 0 Å². The van der Waals surface area contributed by atoms with Crippen molar-refractivity contribution in [3.05, 3.63) is 36.4 Å². The van der Waals surface area contributed by atoms with Gasteiger partial charge in [0.2, 0.25) is 15.9 Å². The van der Waals surface area contributed by atoms with Crippen LogP contribution in [0.25, 0.3) is 0 Å². The fourth-order valence-corrected chi connectivity index (χ4v) is 4.92. The molecular weight excluding hydrogens is 356 g/mol. The fraction of sp³-hybridized carbons (Fsp3) is 0.444. The number of carbonyl (C=O) groups excluding carboxylic acids is 1. The van der Waals surface area contributed by atoms with Gasteiger partial charge >= 0.3 is 5.97 Å². The number of benzene rings is 1. The molecule has 1 aromatic carbocycles. The number of carboxylic acids is 1. The first-order valence-electron chi connectivity index (χ1n) is 8.68. The third-order valence-corrected chi connectivity index (χ3v) is 6.82. The van der Waals surface area contributed by atoms with Crippen LogP contribution in [0.5, 0.6) is 0 Å². The van der Waals surface area contributed by atoms with E-state index in [1.807, 2.05) is 6.08 Å². The van der Waals surface area contributed by atoms with Crippen LogP contribution in [-0.4, -0.2) is 42.8 Å². The average molecular weight is 378 g/mol. The molecule has 1 aromatic rings. The number of rotatable bonds is 5. The summed E-state index contributed by atoms with van der Waals surface area (Å²) in [5.41, 5.74) is 0.453. The molecule has 1 aliphatic heterocycles. The molecular formula is C18H22N2O5S. The van der Waals surface area contributed by atoms with Crippen LogP contribution in [0.2, 0.25) is 0 Å². The number of hydrogen-bond acceptors (Lipinski definition) is 4. The van der Waals surface area contributed by atoms with E-state index in [4.69, 9.17) is 0 Å². The predicted octanol–water partition coefficient (Wildman–Crippen LogP) is 2.08. The molecule has 0 aromatic heterocycles. The van der Waals surface area contributed by atoms with Crippen molar-refractivity contribution in [1.82, 2.24) is 4.31 Å². The third-order valence-electron chi connectivity index (χ3n) is 4.91. The Morgan fingerprint density at radius 2 is 1.58 bits per heavy atom. The Kier molecular flexibility index (Phi) is 5.43. The van der Waals surface area contributed by atoms with Crippen molar-refractivity contribution >= 4 is 27.6 Å². The molecule has 2 N–H and O–H groups in total. The van der Waals surface area contributed by atoms with E-state index in [9.17, 15) is 23.1 Å². The molecule has 1 saturated heterocycles. The molecule has 8 heteroatoms. The number of sulfonamides is 1. The minimum atomic E-state index is -3.49. The molecule has 1 aliphatic carbocycles. The first kappa shape index (κ1) is 18.6. The van der Waals surface area contributed by atoms with E-state index in [0.717, 1.165) is 12.8 Å². The van der Waals surface area contributed by atoms with Crippen molar-refractivity contribution in [1.29, 1.82) is 0 Å². The zero-order valence-corrected chi connectivity index (χ0v) is 15.1. The zero-order chi connectivity index (χ0) is 18.7. The van der Waals surface area contributed by atoms with Crippen LogP contribution in [0.4, 0.5) is 5.69 Å². The van der Waals surface area contributed by atoms with E-state index in [2.05, 4.69) is 5.32 Å². The lowest BCUT2D eigenvalue weighted by molar-refractivity contribution is -0.146. The van der Waals surface area contributed by atoms with E-state index in [-0.39, 0.29) is 10.8 Å². The lowest BCUT2D eigenvalue weighted by atomic mass is 9.82. The second kappa shape index (κ2) is 7.59. The lowest BCUT2D eigenvalue weighted by Crippen LogP contribution is -2.34. The molecule has 26 heavy (non-hydrogen) atoms. The summed E-state index contributed by atoms with van der Waals surface area (Å²) in [5.74, 6) is -2.72. The number of aliphatic carboxylic acids is 1. The Hall–Kier alpha value is -2.19. The number of allylic oxidation sites excluding steroid dienone is 2. The molecule has 3 rings (SSSR count). The minimum absolute atomic E-state index is 0.196. The monoisotopic (exact) mass is 378 g/mol. The fourth-order valence-electron chi connectivity index (χ4n) is 3.40.